The molecule has 27 heavy (non-hydrogen) atoms. The van der Waals surface area contributed by atoms with Crippen LogP contribution < -0.4 is 15.5 Å². The molecule has 1 atom stereocenters. The first-order valence-corrected chi connectivity index (χ1v) is 8.76. The standard InChI is InChI=1S/C18H26F2N4O2.HI/c1-12(2)26-16(25)7-9-22-18(21-3)23-13-8-10-24(11-13)17-14(19)5-4-6-15(17)20;/h4-6,12-13H,7-11H2,1-3H3,(H2,21,22,23);1H. The molecule has 6 nitrogen and oxygen atoms in total. The molecule has 1 saturated heterocycles. The predicted molar refractivity (Wildman–Crippen MR) is 113 cm³/mol. The van der Waals surface area contributed by atoms with Crippen molar-refractivity contribution in [3.05, 3.63) is 29.8 Å². The van der Waals surface area contributed by atoms with Crippen molar-refractivity contribution >= 4 is 41.6 Å². The van der Waals surface area contributed by atoms with Gasteiger partial charge in [0, 0.05) is 32.7 Å². The van der Waals surface area contributed by atoms with Gasteiger partial charge in [-0.25, -0.2) is 8.78 Å². The lowest BCUT2D eigenvalue weighted by Gasteiger charge is -2.21. The van der Waals surface area contributed by atoms with Gasteiger partial charge in [-0.1, -0.05) is 6.07 Å². The molecule has 1 aliphatic rings. The molecule has 9 heteroatoms. The molecule has 152 valence electrons. The molecule has 0 bridgehead atoms. The van der Waals surface area contributed by atoms with Crippen molar-refractivity contribution in [1.82, 2.24) is 10.6 Å². The summed E-state index contributed by atoms with van der Waals surface area (Å²) in [5, 5.41) is 6.27. The van der Waals surface area contributed by atoms with Gasteiger partial charge in [-0.2, -0.15) is 0 Å². The highest BCUT2D eigenvalue weighted by Crippen LogP contribution is 2.26. The Hall–Kier alpha value is -1.65. The number of rotatable bonds is 6. The summed E-state index contributed by atoms with van der Waals surface area (Å²) in [7, 11) is 1.63. The molecule has 1 aromatic rings. The van der Waals surface area contributed by atoms with Crippen LogP contribution in [0.25, 0.3) is 0 Å². The molecule has 0 radical (unpaired) electrons. The van der Waals surface area contributed by atoms with Crippen LogP contribution in [-0.2, 0) is 9.53 Å². The van der Waals surface area contributed by atoms with E-state index in [4.69, 9.17) is 4.74 Å². The highest BCUT2D eigenvalue weighted by Gasteiger charge is 2.27. The number of nitrogens with one attached hydrogen (secondary N) is 2. The van der Waals surface area contributed by atoms with E-state index in [1.807, 2.05) is 0 Å². The zero-order valence-corrected chi connectivity index (χ0v) is 18.1. The number of carbonyl (C=O) groups is 1. The van der Waals surface area contributed by atoms with Gasteiger partial charge >= 0.3 is 5.97 Å². The lowest BCUT2D eigenvalue weighted by Crippen LogP contribution is -2.45. The van der Waals surface area contributed by atoms with Crippen LogP contribution in [0.2, 0.25) is 0 Å². The third-order valence-corrected chi connectivity index (χ3v) is 4.00. The number of carbonyl (C=O) groups excluding carboxylic acids is 1. The number of benzene rings is 1. The Kier molecular flexibility index (Phi) is 9.75. The van der Waals surface area contributed by atoms with Crippen LogP contribution in [-0.4, -0.2) is 50.8 Å². The first kappa shape index (κ1) is 23.4. The fraction of sp³-hybridized carbons (Fsp3) is 0.556. The van der Waals surface area contributed by atoms with Crippen molar-refractivity contribution in [1.29, 1.82) is 0 Å². The van der Waals surface area contributed by atoms with Crippen LogP contribution in [0.3, 0.4) is 0 Å². The smallest absolute Gasteiger partial charge is 0.307 e. The molecule has 2 N–H and O–H groups in total. The SMILES string of the molecule is CN=C(NCCC(=O)OC(C)C)NC1CCN(c2c(F)cccc2F)C1.I. The molecule has 2 rings (SSSR count). The van der Waals surface area contributed by atoms with E-state index in [0.29, 0.717) is 25.6 Å². The topological polar surface area (TPSA) is 66.0 Å². The van der Waals surface area contributed by atoms with Crippen LogP contribution in [0.15, 0.2) is 23.2 Å². The van der Waals surface area contributed by atoms with Crippen LogP contribution >= 0.6 is 24.0 Å². The van der Waals surface area contributed by atoms with Crippen molar-refractivity contribution < 1.29 is 18.3 Å². The number of hydrogen-bond acceptors (Lipinski definition) is 4. The van der Waals surface area contributed by atoms with Gasteiger partial charge in [-0.15, -0.1) is 24.0 Å². The van der Waals surface area contributed by atoms with Crippen molar-refractivity contribution in [2.24, 2.45) is 4.99 Å². The Labute approximate surface area is 175 Å². The Morgan fingerprint density at radius 2 is 2.04 bits per heavy atom. The summed E-state index contributed by atoms with van der Waals surface area (Å²) in [6.07, 6.45) is 0.822. The molecule has 0 spiro atoms. The molecule has 1 aliphatic heterocycles. The fourth-order valence-electron chi connectivity index (χ4n) is 2.87. The van der Waals surface area contributed by atoms with Crippen LogP contribution in [0.5, 0.6) is 0 Å². The van der Waals surface area contributed by atoms with Crippen LogP contribution in [0.1, 0.15) is 26.7 Å². The number of hydrogen-bond donors (Lipinski definition) is 2. The highest BCUT2D eigenvalue weighted by molar-refractivity contribution is 14.0. The van der Waals surface area contributed by atoms with E-state index in [9.17, 15) is 13.6 Å². The van der Waals surface area contributed by atoms with E-state index in [1.165, 1.54) is 18.2 Å². The molecule has 0 saturated carbocycles. The second-order valence-corrected chi connectivity index (χ2v) is 6.43. The summed E-state index contributed by atoms with van der Waals surface area (Å²) in [4.78, 5) is 17.3. The molecule has 0 aliphatic carbocycles. The van der Waals surface area contributed by atoms with Gasteiger partial charge < -0.3 is 20.3 Å². The predicted octanol–water partition coefficient (Wildman–Crippen LogP) is 2.67. The molecule has 1 unspecified atom stereocenters. The lowest BCUT2D eigenvalue weighted by atomic mass is 10.2. The van der Waals surface area contributed by atoms with Crippen LogP contribution in [0.4, 0.5) is 14.5 Å². The van der Waals surface area contributed by atoms with E-state index in [1.54, 1.807) is 25.8 Å². The molecular formula is C18H27F2IN4O2. The van der Waals surface area contributed by atoms with Crippen LogP contribution in [0, 0.1) is 11.6 Å². The number of aliphatic imine (C=N–C) groups is 1. The van der Waals surface area contributed by atoms with Gasteiger partial charge in [0.1, 0.15) is 17.3 Å². The van der Waals surface area contributed by atoms with Gasteiger partial charge in [-0.3, -0.25) is 9.79 Å². The largest absolute Gasteiger partial charge is 0.463 e. The Bertz CT molecular complexity index is 638. The Morgan fingerprint density at radius 3 is 2.63 bits per heavy atom. The Balaban J connectivity index is 0.00000364. The number of ether oxygens (including phenoxy) is 1. The normalized spacial score (nSPS) is 16.9. The maximum Gasteiger partial charge on any atom is 0.307 e. The summed E-state index contributed by atoms with van der Waals surface area (Å²) < 4.78 is 32.9. The van der Waals surface area contributed by atoms with Gasteiger partial charge in [0.2, 0.25) is 0 Å². The number of anilines is 1. The number of guanidine groups is 1. The second-order valence-electron chi connectivity index (χ2n) is 6.43. The van der Waals surface area contributed by atoms with E-state index in [0.717, 1.165) is 6.42 Å². The quantitative estimate of drug-likeness (QED) is 0.275. The van der Waals surface area contributed by atoms with E-state index in [-0.39, 0.29) is 54.2 Å². The summed E-state index contributed by atoms with van der Waals surface area (Å²) in [5.74, 6) is -0.845. The summed E-state index contributed by atoms with van der Waals surface area (Å²) in [6, 6.07) is 3.88. The van der Waals surface area contributed by atoms with E-state index < -0.39 is 11.6 Å². The number of para-hydroxylation sites is 1. The minimum Gasteiger partial charge on any atom is -0.463 e. The summed E-state index contributed by atoms with van der Waals surface area (Å²) in [6.45, 7) is 5.01. The average Bonchev–Trinajstić information content (AvgIpc) is 3.01. The zero-order valence-electron chi connectivity index (χ0n) is 15.8. The third kappa shape index (κ3) is 7.11. The second kappa shape index (κ2) is 11.3. The first-order valence-electron chi connectivity index (χ1n) is 8.76. The van der Waals surface area contributed by atoms with Gasteiger partial charge in [0.05, 0.1) is 12.5 Å². The van der Waals surface area contributed by atoms with Crippen molar-refractivity contribution in [2.75, 3.05) is 31.6 Å². The molecular weight excluding hydrogens is 469 g/mol. The van der Waals surface area contributed by atoms with E-state index in [2.05, 4.69) is 15.6 Å². The van der Waals surface area contributed by atoms with Gasteiger partial charge in [0.25, 0.3) is 0 Å². The molecule has 0 amide bonds. The van der Waals surface area contributed by atoms with Crippen molar-refractivity contribution in [3.8, 4) is 0 Å². The number of halogens is 3. The molecule has 1 heterocycles. The lowest BCUT2D eigenvalue weighted by molar-refractivity contribution is -0.147. The van der Waals surface area contributed by atoms with Crippen molar-refractivity contribution in [3.63, 3.8) is 0 Å². The molecule has 1 fully saturated rings. The van der Waals surface area contributed by atoms with Gasteiger partial charge in [0.15, 0.2) is 5.96 Å². The van der Waals surface area contributed by atoms with Crippen molar-refractivity contribution in [2.45, 2.75) is 38.8 Å². The third-order valence-electron chi connectivity index (χ3n) is 4.00. The monoisotopic (exact) mass is 496 g/mol. The molecule has 0 aromatic heterocycles. The minimum atomic E-state index is -0.558. The Morgan fingerprint density at radius 1 is 1.37 bits per heavy atom. The summed E-state index contributed by atoms with van der Waals surface area (Å²) in [5.41, 5.74) is 0.0103. The van der Waals surface area contributed by atoms with Gasteiger partial charge in [-0.05, 0) is 32.4 Å². The maximum absolute atomic E-state index is 13.9. The van der Waals surface area contributed by atoms with E-state index >= 15 is 0 Å². The first-order chi connectivity index (χ1) is 12.4. The fourth-order valence-corrected chi connectivity index (χ4v) is 2.87. The molecule has 1 aromatic carbocycles. The number of nitrogens with zero attached hydrogens (tertiary/aromatic N) is 2. The summed E-state index contributed by atoms with van der Waals surface area (Å²) >= 11 is 0. The highest BCUT2D eigenvalue weighted by atomic mass is 127. The average molecular weight is 496 g/mol. The number of esters is 1. The zero-order chi connectivity index (χ0) is 19.1. The maximum atomic E-state index is 13.9. The minimum absolute atomic E-state index is 0.